The topological polar surface area (TPSA) is 101 Å². The van der Waals surface area contributed by atoms with Crippen LogP contribution in [-0.4, -0.2) is 33.4 Å². The Morgan fingerprint density at radius 2 is 2.00 bits per heavy atom. The molecule has 7 nitrogen and oxygen atoms in total. The van der Waals surface area contributed by atoms with Gasteiger partial charge in [-0.3, -0.25) is 19.7 Å². The van der Waals surface area contributed by atoms with Crippen LogP contribution in [0.15, 0.2) is 35.9 Å². The molecule has 0 unspecified atom stereocenters. The fourth-order valence-corrected chi connectivity index (χ4v) is 2.31. The van der Waals surface area contributed by atoms with E-state index < -0.39 is 10.9 Å². The van der Waals surface area contributed by atoms with Gasteiger partial charge in [-0.1, -0.05) is 18.2 Å². The van der Waals surface area contributed by atoms with Gasteiger partial charge < -0.3 is 10.0 Å². The van der Waals surface area contributed by atoms with Crippen molar-refractivity contribution in [1.29, 1.82) is 0 Å². The van der Waals surface area contributed by atoms with E-state index in [9.17, 15) is 19.7 Å². The summed E-state index contributed by atoms with van der Waals surface area (Å²) in [5, 5.41) is 19.2. The van der Waals surface area contributed by atoms with E-state index in [2.05, 4.69) is 0 Å². The second-order valence-corrected chi connectivity index (χ2v) is 5.09. The van der Waals surface area contributed by atoms with Crippen LogP contribution in [0.25, 0.3) is 0 Å². The molecule has 1 N–H and O–H groups in total. The zero-order valence-electron chi connectivity index (χ0n) is 11.9. The minimum absolute atomic E-state index is 0.0176. The van der Waals surface area contributed by atoms with Gasteiger partial charge in [-0.2, -0.15) is 0 Å². The molecule has 0 saturated heterocycles. The van der Waals surface area contributed by atoms with E-state index in [4.69, 9.17) is 5.11 Å². The van der Waals surface area contributed by atoms with Gasteiger partial charge in [0.2, 0.25) is 5.91 Å². The van der Waals surface area contributed by atoms with Crippen molar-refractivity contribution < 1.29 is 19.6 Å². The van der Waals surface area contributed by atoms with E-state index in [0.29, 0.717) is 31.5 Å². The highest BCUT2D eigenvalue weighted by molar-refractivity contribution is 5.95. The molecular weight excluding hydrogens is 288 g/mol. The van der Waals surface area contributed by atoms with E-state index in [1.54, 1.807) is 17.0 Å². The Balaban J connectivity index is 1.89. The monoisotopic (exact) mass is 304 g/mol. The summed E-state index contributed by atoms with van der Waals surface area (Å²) in [4.78, 5) is 34.4. The molecule has 7 heteroatoms. The van der Waals surface area contributed by atoms with E-state index in [1.165, 1.54) is 12.1 Å². The maximum Gasteiger partial charge on any atom is 0.303 e. The van der Waals surface area contributed by atoms with Crippen molar-refractivity contribution in [3.05, 3.63) is 51.6 Å². The first-order valence-electron chi connectivity index (χ1n) is 6.91. The van der Waals surface area contributed by atoms with Crippen molar-refractivity contribution in [1.82, 2.24) is 4.90 Å². The lowest BCUT2D eigenvalue weighted by Crippen LogP contribution is -2.26. The summed E-state index contributed by atoms with van der Waals surface area (Å²) in [5.41, 5.74) is 1.48. The van der Waals surface area contributed by atoms with Gasteiger partial charge in [0.05, 0.1) is 4.92 Å². The van der Waals surface area contributed by atoms with E-state index in [1.807, 2.05) is 6.08 Å². The lowest BCUT2D eigenvalue weighted by Gasteiger charge is -2.16. The standard InChI is InChI=1S/C15H16N2O5/c18-14(19)3-1-2-12-8-9-16(15(12)20)10-11-4-6-13(7-5-11)17(21)22/h4-8H,1-3,9-10H2,(H,18,19). The van der Waals surface area contributed by atoms with Crippen molar-refractivity contribution in [2.75, 3.05) is 6.54 Å². The number of carboxylic acids is 1. The van der Waals surface area contributed by atoms with Gasteiger partial charge in [-0.05, 0) is 18.4 Å². The van der Waals surface area contributed by atoms with Crippen molar-refractivity contribution in [3.8, 4) is 0 Å². The van der Waals surface area contributed by atoms with Crippen LogP contribution in [0.2, 0.25) is 0 Å². The second kappa shape index (κ2) is 6.84. The predicted octanol–water partition coefficient (Wildman–Crippen LogP) is 2.12. The van der Waals surface area contributed by atoms with Gasteiger partial charge in [0.15, 0.2) is 0 Å². The predicted molar refractivity (Wildman–Crippen MR) is 78.1 cm³/mol. The Morgan fingerprint density at radius 1 is 1.32 bits per heavy atom. The molecule has 22 heavy (non-hydrogen) atoms. The third-order valence-electron chi connectivity index (χ3n) is 3.48. The number of nitro benzene ring substituents is 1. The lowest BCUT2D eigenvalue weighted by atomic mass is 10.1. The molecule has 0 saturated carbocycles. The number of amides is 1. The summed E-state index contributed by atoms with van der Waals surface area (Å²) in [6, 6.07) is 6.09. The van der Waals surface area contributed by atoms with Gasteiger partial charge in [-0.15, -0.1) is 0 Å². The molecule has 0 radical (unpaired) electrons. The first-order valence-corrected chi connectivity index (χ1v) is 6.91. The molecule has 1 aromatic rings. The number of non-ortho nitro benzene ring substituents is 1. The summed E-state index contributed by atoms with van der Waals surface area (Å²) in [7, 11) is 0. The van der Waals surface area contributed by atoms with Crippen LogP contribution in [0.3, 0.4) is 0 Å². The van der Waals surface area contributed by atoms with Crippen LogP contribution >= 0.6 is 0 Å². The van der Waals surface area contributed by atoms with Crippen LogP contribution in [0.1, 0.15) is 24.8 Å². The zero-order valence-corrected chi connectivity index (χ0v) is 11.9. The number of benzene rings is 1. The van der Waals surface area contributed by atoms with Crippen molar-refractivity contribution in [3.63, 3.8) is 0 Å². The molecule has 116 valence electrons. The molecule has 2 rings (SSSR count). The Kier molecular flexibility index (Phi) is 4.88. The number of carboxylic acid groups (broad SMARTS) is 1. The smallest absolute Gasteiger partial charge is 0.303 e. The van der Waals surface area contributed by atoms with E-state index >= 15 is 0 Å². The quantitative estimate of drug-likeness (QED) is 0.614. The molecule has 1 aliphatic rings. The number of hydrogen-bond acceptors (Lipinski definition) is 4. The van der Waals surface area contributed by atoms with Crippen molar-refractivity contribution in [2.24, 2.45) is 0 Å². The molecule has 1 aromatic carbocycles. The van der Waals surface area contributed by atoms with Gasteiger partial charge in [-0.25, -0.2) is 0 Å². The van der Waals surface area contributed by atoms with Crippen LogP contribution < -0.4 is 0 Å². The van der Waals surface area contributed by atoms with Crippen LogP contribution in [-0.2, 0) is 16.1 Å². The first kappa shape index (κ1) is 15.7. The maximum absolute atomic E-state index is 12.2. The molecule has 1 amide bonds. The highest BCUT2D eigenvalue weighted by Crippen LogP contribution is 2.20. The molecule has 1 aliphatic heterocycles. The average molecular weight is 304 g/mol. The van der Waals surface area contributed by atoms with Gasteiger partial charge >= 0.3 is 5.97 Å². The fourth-order valence-electron chi connectivity index (χ4n) is 2.31. The fraction of sp³-hybridized carbons (Fsp3) is 0.333. The summed E-state index contributed by atoms with van der Waals surface area (Å²) < 4.78 is 0. The SMILES string of the molecule is O=C(O)CCCC1=CCN(Cc2ccc([N+](=O)[O-])cc2)C1=O. The Hall–Kier alpha value is -2.70. The van der Waals surface area contributed by atoms with Crippen LogP contribution in [0, 0.1) is 10.1 Å². The number of rotatable bonds is 7. The number of hydrogen-bond donors (Lipinski definition) is 1. The second-order valence-electron chi connectivity index (χ2n) is 5.09. The Bertz CT molecular complexity index is 621. The van der Waals surface area contributed by atoms with Crippen molar-refractivity contribution >= 4 is 17.6 Å². The minimum atomic E-state index is -0.867. The number of nitro groups is 1. The molecule has 0 spiro atoms. The third kappa shape index (κ3) is 3.91. The van der Waals surface area contributed by atoms with E-state index in [-0.39, 0.29) is 18.0 Å². The Labute approximate surface area is 127 Å². The number of carbonyl (C=O) groups is 2. The molecule has 1 heterocycles. The highest BCUT2D eigenvalue weighted by Gasteiger charge is 2.23. The minimum Gasteiger partial charge on any atom is -0.481 e. The molecule has 0 atom stereocenters. The van der Waals surface area contributed by atoms with Crippen LogP contribution in [0.4, 0.5) is 5.69 Å². The van der Waals surface area contributed by atoms with E-state index in [0.717, 1.165) is 5.56 Å². The van der Waals surface area contributed by atoms with Crippen LogP contribution in [0.5, 0.6) is 0 Å². The number of aliphatic carboxylic acids is 1. The van der Waals surface area contributed by atoms with Gasteiger partial charge in [0, 0.05) is 37.2 Å². The van der Waals surface area contributed by atoms with Crippen molar-refractivity contribution in [2.45, 2.75) is 25.8 Å². The third-order valence-corrected chi connectivity index (χ3v) is 3.48. The summed E-state index contributed by atoms with van der Waals surface area (Å²) in [6.07, 6.45) is 2.77. The average Bonchev–Trinajstić information content (AvgIpc) is 2.80. The Morgan fingerprint density at radius 3 is 2.59 bits per heavy atom. The van der Waals surface area contributed by atoms with Gasteiger partial charge in [0.1, 0.15) is 0 Å². The highest BCUT2D eigenvalue weighted by atomic mass is 16.6. The molecular formula is C15H16N2O5. The first-order chi connectivity index (χ1) is 10.5. The summed E-state index contributed by atoms with van der Waals surface area (Å²) in [6.45, 7) is 0.869. The lowest BCUT2D eigenvalue weighted by molar-refractivity contribution is -0.384. The molecule has 0 bridgehead atoms. The maximum atomic E-state index is 12.2. The molecule has 0 fully saturated rings. The summed E-state index contributed by atoms with van der Waals surface area (Å²) >= 11 is 0. The normalized spacial score (nSPS) is 14.1. The summed E-state index contributed by atoms with van der Waals surface area (Å²) in [5.74, 6) is -0.961. The molecule has 0 aliphatic carbocycles. The number of nitrogens with zero attached hydrogens (tertiary/aromatic N) is 2. The molecule has 0 aromatic heterocycles. The zero-order chi connectivity index (χ0) is 16.1. The largest absolute Gasteiger partial charge is 0.481 e. The number of carbonyl (C=O) groups excluding carboxylic acids is 1. The van der Waals surface area contributed by atoms with Gasteiger partial charge in [0.25, 0.3) is 5.69 Å².